The molecule has 0 fully saturated rings. The average Bonchev–Trinajstić information content (AvgIpc) is 2.76. The Kier molecular flexibility index (Phi) is 3.06. The molecule has 1 aromatic carbocycles. The van der Waals surface area contributed by atoms with Crippen LogP contribution in [0, 0.1) is 5.82 Å². The number of methoxy groups -OCH3 is 1. The van der Waals surface area contributed by atoms with Crippen LogP contribution in [0.1, 0.15) is 10.5 Å². The van der Waals surface area contributed by atoms with Crippen molar-refractivity contribution in [1.82, 2.24) is 4.98 Å². The van der Waals surface area contributed by atoms with Crippen LogP contribution in [0.3, 0.4) is 0 Å². The second-order valence-electron chi connectivity index (χ2n) is 3.23. The number of phenols is 1. The summed E-state index contributed by atoms with van der Waals surface area (Å²) in [6.07, 6.45) is 0. The molecule has 0 aliphatic heterocycles. The lowest BCUT2D eigenvalue weighted by molar-refractivity contribution is 0.0595. The summed E-state index contributed by atoms with van der Waals surface area (Å²) in [5.41, 5.74) is 0.582. The summed E-state index contributed by atoms with van der Waals surface area (Å²) >= 11 is 1.17. The van der Waals surface area contributed by atoms with Gasteiger partial charge in [0.05, 0.1) is 7.11 Å². The summed E-state index contributed by atoms with van der Waals surface area (Å²) in [4.78, 5) is 15.2. The van der Waals surface area contributed by atoms with Gasteiger partial charge in [0.2, 0.25) is 0 Å². The second kappa shape index (κ2) is 4.50. The summed E-state index contributed by atoms with van der Waals surface area (Å²) in [6, 6.07) is 3.61. The third-order valence-corrected chi connectivity index (χ3v) is 2.92. The molecule has 4 nitrogen and oxygen atoms in total. The molecule has 0 amide bonds. The van der Waals surface area contributed by atoms with Crippen LogP contribution in [0.5, 0.6) is 5.75 Å². The minimum Gasteiger partial charge on any atom is -0.508 e. The molecule has 88 valence electrons. The van der Waals surface area contributed by atoms with Gasteiger partial charge in [-0.1, -0.05) is 0 Å². The summed E-state index contributed by atoms with van der Waals surface area (Å²) in [7, 11) is 1.26. The van der Waals surface area contributed by atoms with Crippen molar-refractivity contribution >= 4 is 17.3 Å². The lowest BCUT2D eigenvalue weighted by Gasteiger charge is -1.98. The Labute approximate surface area is 100 Å². The normalized spacial score (nSPS) is 10.2. The van der Waals surface area contributed by atoms with E-state index in [0.717, 1.165) is 6.07 Å². The van der Waals surface area contributed by atoms with Crippen LogP contribution in [0.15, 0.2) is 23.6 Å². The Bertz CT molecular complexity index is 547. The van der Waals surface area contributed by atoms with E-state index >= 15 is 0 Å². The van der Waals surface area contributed by atoms with Crippen LogP contribution >= 0.6 is 11.3 Å². The van der Waals surface area contributed by atoms with Crippen molar-refractivity contribution in [3.05, 3.63) is 35.1 Å². The number of thiazole rings is 1. The first-order chi connectivity index (χ1) is 8.10. The van der Waals surface area contributed by atoms with Crippen LogP contribution in [0.25, 0.3) is 10.6 Å². The highest BCUT2D eigenvalue weighted by Gasteiger charge is 2.12. The van der Waals surface area contributed by atoms with E-state index in [2.05, 4.69) is 9.72 Å². The number of esters is 1. The molecule has 0 unspecified atom stereocenters. The van der Waals surface area contributed by atoms with Gasteiger partial charge in [-0.15, -0.1) is 11.3 Å². The third kappa shape index (κ3) is 2.42. The number of benzene rings is 1. The smallest absolute Gasteiger partial charge is 0.357 e. The largest absolute Gasteiger partial charge is 0.508 e. The zero-order chi connectivity index (χ0) is 12.4. The van der Waals surface area contributed by atoms with Gasteiger partial charge >= 0.3 is 5.97 Å². The minimum absolute atomic E-state index is 0.163. The number of aromatic hydroxyl groups is 1. The fraction of sp³-hybridized carbons (Fsp3) is 0.0909. The van der Waals surface area contributed by atoms with E-state index in [1.807, 2.05) is 0 Å². The highest BCUT2D eigenvalue weighted by molar-refractivity contribution is 7.13. The molecule has 0 bridgehead atoms. The van der Waals surface area contributed by atoms with E-state index < -0.39 is 11.8 Å². The number of ether oxygens (including phenoxy) is 1. The number of carbonyl (C=O) groups is 1. The first-order valence-corrected chi connectivity index (χ1v) is 5.52. The minimum atomic E-state index is -0.560. The van der Waals surface area contributed by atoms with Gasteiger partial charge in [0, 0.05) is 17.0 Å². The van der Waals surface area contributed by atoms with Crippen LogP contribution in [-0.2, 0) is 4.74 Å². The third-order valence-electron chi connectivity index (χ3n) is 2.03. The Morgan fingerprint density at radius 1 is 1.47 bits per heavy atom. The molecular formula is C11H8FNO3S. The highest BCUT2D eigenvalue weighted by Crippen LogP contribution is 2.27. The maximum absolute atomic E-state index is 13.1. The molecule has 0 radical (unpaired) electrons. The first kappa shape index (κ1) is 11.5. The zero-order valence-electron chi connectivity index (χ0n) is 8.81. The molecule has 1 heterocycles. The van der Waals surface area contributed by atoms with Crippen LogP contribution in [0.4, 0.5) is 4.39 Å². The topological polar surface area (TPSA) is 59.4 Å². The van der Waals surface area contributed by atoms with Gasteiger partial charge in [0.15, 0.2) is 5.69 Å². The lowest BCUT2D eigenvalue weighted by atomic mass is 10.2. The van der Waals surface area contributed by atoms with Crippen molar-refractivity contribution in [2.75, 3.05) is 7.11 Å². The van der Waals surface area contributed by atoms with Gasteiger partial charge in [-0.3, -0.25) is 0 Å². The van der Waals surface area contributed by atoms with Crippen molar-refractivity contribution in [3.8, 4) is 16.3 Å². The summed E-state index contributed by atoms with van der Waals surface area (Å²) in [5.74, 6) is -1.29. The van der Waals surface area contributed by atoms with Gasteiger partial charge in [-0.25, -0.2) is 14.2 Å². The number of halogens is 1. The molecular weight excluding hydrogens is 245 g/mol. The van der Waals surface area contributed by atoms with Crippen molar-refractivity contribution in [3.63, 3.8) is 0 Å². The van der Waals surface area contributed by atoms with E-state index in [1.54, 1.807) is 0 Å². The molecule has 17 heavy (non-hydrogen) atoms. The number of nitrogens with zero attached hydrogens (tertiary/aromatic N) is 1. The van der Waals surface area contributed by atoms with Crippen LogP contribution in [0.2, 0.25) is 0 Å². The molecule has 1 aromatic heterocycles. The van der Waals surface area contributed by atoms with Crippen molar-refractivity contribution < 1.29 is 19.0 Å². The zero-order valence-corrected chi connectivity index (χ0v) is 9.62. The van der Waals surface area contributed by atoms with E-state index in [0.29, 0.717) is 10.6 Å². The van der Waals surface area contributed by atoms with E-state index in [9.17, 15) is 14.3 Å². The SMILES string of the molecule is COC(=O)c1csc(-c2cc(O)cc(F)c2)n1. The van der Waals surface area contributed by atoms with Gasteiger partial charge in [-0.05, 0) is 12.1 Å². The molecule has 6 heteroatoms. The van der Waals surface area contributed by atoms with E-state index in [-0.39, 0.29) is 11.4 Å². The van der Waals surface area contributed by atoms with Gasteiger partial charge in [-0.2, -0.15) is 0 Å². The van der Waals surface area contributed by atoms with E-state index in [4.69, 9.17) is 0 Å². The van der Waals surface area contributed by atoms with Gasteiger partial charge < -0.3 is 9.84 Å². The molecule has 0 spiro atoms. The first-order valence-electron chi connectivity index (χ1n) is 4.64. The monoisotopic (exact) mass is 253 g/mol. The molecule has 0 saturated carbocycles. The standard InChI is InChI=1S/C11H8FNO3S/c1-16-11(15)9-5-17-10(13-9)6-2-7(12)4-8(14)3-6/h2-5,14H,1H3. The molecule has 0 atom stereocenters. The van der Waals surface area contributed by atoms with Crippen molar-refractivity contribution in [1.29, 1.82) is 0 Å². The number of aromatic nitrogens is 1. The maximum atomic E-state index is 13.1. The summed E-state index contributed by atoms with van der Waals surface area (Å²) in [5, 5.41) is 11.2. The Morgan fingerprint density at radius 3 is 2.88 bits per heavy atom. The predicted molar refractivity (Wildman–Crippen MR) is 60.5 cm³/mol. The summed E-state index contributed by atoms with van der Waals surface area (Å²) < 4.78 is 17.6. The summed E-state index contributed by atoms with van der Waals surface area (Å²) in [6.45, 7) is 0. The number of hydrogen-bond donors (Lipinski definition) is 1. The van der Waals surface area contributed by atoms with Crippen LogP contribution in [-0.4, -0.2) is 23.2 Å². The quantitative estimate of drug-likeness (QED) is 0.835. The Hall–Kier alpha value is -1.95. The van der Waals surface area contributed by atoms with Gasteiger partial charge in [0.25, 0.3) is 0 Å². The van der Waals surface area contributed by atoms with Crippen molar-refractivity contribution in [2.45, 2.75) is 0 Å². The number of phenolic OH excluding ortho intramolecular Hbond substituents is 1. The second-order valence-corrected chi connectivity index (χ2v) is 4.09. The fourth-order valence-electron chi connectivity index (χ4n) is 1.30. The van der Waals surface area contributed by atoms with E-state index in [1.165, 1.54) is 36.0 Å². The number of carbonyl (C=O) groups excluding carboxylic acids is 1. The molecule has 0 aliphatic rings. The average molecular weight is 253 g/mol. The lowest BCUT2D eigenvalue weighted by Crippen LogP contribution is -2.00. The Morgan fingerprint density at radius 2 is 2.24 bits per heavy atom. The van der Waals surface area contributed by atoms with Crippen molar-refractivity contribution in [2.24, 2.45) is 0 Å². The molecule has 2 rings (SSSR count). The fourth-order valence-corrected chi connectivity index (χ4v) is 2.08. The molecule has 0 aliphatic carbocycles. The Balaban J connectivity index is 2.40. The maximum Gasteiger partial charge on any atom is 0.357 e. The molecule has 0 saturated heterocycles. The molecule has 2 aromatic rings. The number of rotatable bonds is 2. The molecule has 1 N–H and O–H groups in total. The van der Waals surface area contributed by atoms with Crippen LogP contribution < -0.4 is 0 Å². The van der Waals surface area contributed by atoms with Gasteiger partial charge in [0.1, 0.15) is 16.6 Å². The number of hydrogen-bond acceptors (Lipinski definition) is 5. The highest BCUT2D eigenvalue weighted by atomic mass is 32.1. The predicted octanol–water partition coefficient (Wildman–Crippen LogP) is 2.44.